The monoisotopic (exact) mass is 396 g/mol. The topological polar surface area (TPSA) is 113 Å². The molecule has 0 aliphatic rings. The van der Waals surface area contributed by atoms with Gasteiger partial charge in [-0.3, -0.25) is 9.57 Å². The van der Waals surface area contributed by atoms with E-state index in [9.17, 15) is 27.3 Å². The number of benzene rings is 1. The maximum absolute atomic E-state index is 13.4. The number of halogens is 3. The molecule has 0 saturated carbocycles. The number of ether oxygens (including phenoxy) is 1. The van der Waals surface area contributed by atoms with Gasteiger partial charge in [-0.25, -0.2) is 4.21 Å². The van der Waals surface area contributed by atoms with E-state index in [0.29, 0.717) is 0 Å². The fourth-order valence-corrected chi connectivity index (χ4v) is 3.73. The van der Waals surface area contributed by atoms with E-state index in [4.69, 9.17) is 10.5 Å². The number of hydrogen-bond donors (Lipinski definition) is 3. The molecule has 0 amide bonds. The molecule has 0 aliphatic carbocycles. The number of hydrogen-bond acceptors (Lipinski definition) is 6. The first-order valence-electron chi connectivity index (χ1n) is 7.94. The minimum Gasteiger partial charge on any atom is -0.465 e. The van der Waals surface area contributed by atoms with Gasteiger partial charge in [0.15, 0.2) is 5.60 Å². The van der Waals surface area contributed by atoms with Crippen molar-refractivity contribution in [1.82, 2.24) is 0 Å². The predicted molar refractivity (Wildman–Crippen MR) is 90.8 cm³/mol. The fourth-order valence-electron chi connectivity index (χ4n) is 2.26. The van der Waals surface area contributed by atoms with Crippen molar-refractivity contribution < 1.29 is 32.0 Å². The molecule has 0 unspecified atom stereocenters. The molecule has 10 heteroatoms. The van der Waals surface area contributed by atoms with Crippen molar-refractivity contribution in [2.24, 2.45) is 5.73 Å². The van der Waals surface area contributed by atoms with Gasteiger partial charge in [-0.05, 0) is 18.9 Å². The van der Waals surface area contributed by atoms with Gasteiger partial charge >= 0.3 is 12.1 Å². The molecule has 0 saturated heterocycles. The van der Waals surface area contributed by atoms with Gasteiger partial charge in [0.25, 0.3) is 0 Å². The molecule has 0 fully saturated rings. The lowest BCUT2D eigenvalue weighted by molar-refractivity contribution is -0.267. The zero-order valence-corrected chi connectivity index (χ0v) is 15.1. The van der Waals surface area contributed by atoms with Crippen LogP contribution in [-0.2, 0) is 24.9 Å². The minimum absolute atomic E-state index is 0.110. The van der Waals surface area contributed by atoms with Crippen LogP contribution in [0.3, 0.4) is 0 Å². The van der Waals surface area contributed by atoms with Gasteiger partial charge in [0.05, 0.1) is 6.61 Å². The van der Waals surface area contributed by atoms with E-state index in [0.717, 1.165) is 12.1 Å². The van der Waals surface area contributed by atoms with Crippen LogP contribution in [0.4, 0.5) is 13.2 Å². The molecule has 1 aromatic rings. The number of nitrogens with one attached hydrogen (secondary N) is 1. The zero-order chi connectivity index (χ0) is 20.0. The summed E-state index contributed by atoms with van der Waals surface area (Å²) >= 11 is 0. The molecule has 148 valence electrons. The van der Waals surface area contributed by atoms with Crippen LogP contribution in [0.2, 0.25) is 0 Å². The summed E-state index contributed by atoms with van der Waals surface area (Å²) in [5.41, 5.74) is 1.95. The standard InChI is InChI=1S/C16H23F3N2O4S/c1-2-25-14(22)13(20)8-10-26(21,24)11-9-15(23,16(17,18)19)12-6-4-3-5-7-12/h3-7,13,21,23H,2,8-11,20H2,1H3/t13-,15+,26+/m0/s1. The van der Waals surface area contributed by atoms with Gasteiger partial charge in [0.2, 0.25) is 0 Å². The molecule has 4 N–H and O–H groups in total. The van der Waals surface area contributed by atoms with Gasteiger partial charge in [-0.1, -0.05) is 30.3 Å². The third-order valence-electron chi connectivity index (χ3n) is 3.86. The maximum Gasteiger partial charge on any atom is 0.421 e. The van der Waals surface area contributed by atoms with E-state index in [2.05, 4.69) is 4.74 Å². The summed E-state index contributed by atoms with van der Waals surface area (Å²) in [5.74, 6) is -1.78. The van der Waals surface area contributed by atoms with Gasteiger partial charge in [-0.2, -0.15) is 13.2 Å². The van der Waals surface area contributed by atoms with E-state index in [-0.39, 0.29) is 24.3 Å². The number of nitrogens with two attached hydrogens (primary N) is 1. The summed E-state index contributed by atoms with van der Waals surface area (Å²) < 4.78 is 64.8. The summed E-state index contributed by atoms with van der Waals surface area (Å²) in [6.45, 7) is 1.69. The van der Waals surface area contributed by atoms with Crippen molar-refractivity contribution in [3.05, 3.63) is 35.9 Å². The van der Waals surface area contributed by atoms with Gasteiger partial charge in [0.1, 0.15) is 6.04 Å². The molecule has 26 heavy (non-hydrogen) atoms. The van der Waals surface area contributed by atoms with Crippen LogP contribution < -0.4 is 5.73 Å². The van der Waals surface area contributed by atoms with Crippen LogP contribution >= 0.6 is 0 Å². The van der Waals surface area contributed by atoms with Crippen LogP contribution in [0.5, 0.6) is 0 Å². The van der Waals surface area contributed by atoms with Crippen molar-refractivity contribution in [3.63, 3.8) is 0 Å². The molecule has 0 aliphatic heterocycles. The van der Waals surface area contributed by atoms with Crippen molar-refractivity contribution >= 4 is 15.7 Å². The second-order valence-corrected chi connectivity index (χ2v) is 8.28. The normalized spacial score (nSPS) is 17.8. The number of alkyl halides is 3. The second kappa shape index (κ2) is 8.83. The smallest absolute Gasteiger partial charge is 0.421 e. The maximum atomic E-state index is 13.4. The second-order valence-electron chi connectivity index (χ2n) is 5.84. The first-order valence-corrected chi connectivity index (χ1v) is 9.83. The molecule has 0 bridgehead atoms. The lowest BCUT2D eigenvalue weighted by Crippen LogP contribution is -2.44. The average Bonchev–Trinajstić information content (AvgIpc) is 2.57. The SMILES string of the molecule is CCOC(=O)[C@@H](N)CC[S@@](=N)(=O)CC[C@@](O)(c1ccccc1)C(F)(F)F. The Morgan fingerprint density at radius 3 is 2.38 bits per heavy atom. The van der Waals surface area contributed by atoms with Crippen LogP contribution in [0.15, 0.2) is 30.3 Å². The van der Waals surface area contributed by atoms with E-state index in [1.54, 1.807) is 6.92 Å². The Kier molecular flexibility index (Phi) is 7.60. The molecule has 1 aromatic carbocycles. The van der Waals surface area contributed by atoms with E-state index in [1.807, 2.05) is 0 Å². The quantitative estimate of drug-likeness (QED) is 0.554. The van der Waals surface area contributed by atoms with Crippen molar-refractivity contribution in [1.29, 1.82) is 4.78 Å². The average molecular weight is 396 g/mol. The molecule has 0 heterocycles. The first-order chi connectivity index (χ1) is 11.9. The van der Waals surface area contributed by atoms with Crippen LogP contribution in [-0.4, -0.2) is 45.6 Å². The molecular formula is C16H23F3N2O4S. The highest BCUT2D eigenvalue weighted by molar-refractivity contribution is 7.92. The summed E-state index contributed by atoms with van der Waals surface area (Å²) in [5, 5.41) is 10.2. The number of aliphatic hydroxyl groups is 1. The Balaban J connectivity index is 2.81. The number of esters is 1. The zero-order valence-electron chi connectivity index (χ0n) is 14.3. The summed E-state index contributed by atoms with van der Waals surface area (Å²) in [4.78, 5) is 11.4. The van der Waals surface area contributed by atoms with Crippen molar-refractivity contribution in [2.75, 3.05) is 18.1 Å². The van der Waals surface area contributed by atoms with E-state index >= 15 is 0 Å². The highest BCUT2D eigenvalue weighted by Gasteiger charge is 2.54. The largest absolute Gasteiger partial charge is 0.465 e. The van der Waals surface area contributed by atoms with E-state index < -0.39 is 45.7 Å². The molecule has 0 spiro atoms. The van der Waals surface area contributed by atoms with Crippen LogP contribution in [0.25, 0.3) is 0 Å². The van der Waals surface area contributed by atoms with Crippen LogP contribution in [0, 0.1) is 4.78 Å². The van der Waals surface area contributed by atoms with Gasteiger partial charge in [0, 0.05) is 27.7 Å². The fraction of sp³-hybridized carbons (Fsp3) is 0.562. The number of carbonyl (C=O) groups is 1. The third kappa shape index (κ3) is 5.96. The molecule has 3 atom stereocenters. The third-order valence-corrected chi connectivity index (χ3v) is 5.62. The highest BCUT2D eigenvalue weighted by Crippen LogP contribution is 2.41. The highest BCUT2D eigenvalue weighted by atomic mass is 32.2. The number of rotatable bonds is 9. The summed E-state index contributed by atoms with van der Waals surface area (Å²) in [6, 6.07) is 5.35. The Hall–Kier alpha value is -1.65. The van der Waals surface area contributed by atoms with Gasteiger partial charge in [-0.15, -0.1) is 0 Å². The molecule has 6 nitrogen and oxygen atoms in total. The molecule has 0 radical (unpaired) electrons. The Bertz CT molecular complexity index is 695. The lowest BCUT2D eigenvalue weighted by atomic mass is 9.90. The van der Waals surface area contributed by atoms with Gasteiger partial charge < -0.3 is 15.6 Å². The Morgan fingerprint density at radius 2 is 1.88 bits per heavy atom. The molecular weight excluding hydrogens is 373 g/mol. The van der Waals surface area contributed by atoms with Crippen LogP contribution in [0.1, 0.15) is 25.3 Å². The Labute approximate surface area is 150 Å². The minimum atomic E-state index is -4.99. The lowest BCUT2D eigenvalue weighted by Gasteiger charge is -2.31. The Morgan fingerprint density at radius 1 is 1.31 bits per heavy atom. The molecule has 0 aromatic heterocycles. The predicted octanol–water partition coefficient (Wildman–Crippen LogP) is 2.15. The molecule has 1 rings (SSSR count). The summed E-state index contributed by atoms with van der Waals surface area (Å²) in [7, 11) is -3.47. The van der Waals surface area contributed by atoms with Crippen molar-refractivity contribution in [3.8, 4) is 0 Å². The number of carbonyl (C=O) groups excluding carboxylic acids is 1. The van der Waals surface area contributed by atoms with E-state index in [1.165, 1.54) is 18.2 Å². The summed E-state index contributed by atoms with van der Waals surface area (Å²) in [6.07, 6.45) is -6.08. The van der Waals surface area contributed by atoms with Crippen molar-refractivity contribution in [2.45, 2.75) is 37.6 Å². The first kappa shape index (κ1) is 22.4.